The van der Waals surface area contributed by atoms with Crippen LogP contribution in [0.15, 0.2) is 6.07 Å². The molecule has 1 atom stereocenters. The second-order valence-corrected chi connectivity index (χ2v) is 3.08. The Bertz CT molecular complexity index is 333. The molecular weight excluding hydrogens is 216 g/mol. The zero-order valence-electron chi connectivity index (χ0n) is 6.97. The molecule has 0 aliphatic heterocycles. The summed E-state index contributed by atoms with van der Waals surface area (Å²) in [5, 5.41) is 17.8. The maximum Gasteiger partial charge on any atom is 0.166 e. The van der Waals surface area contributed by atoms with Crippen molar-refractivity contribution in [1.82, 2.24) is 0 Å². The summed E-state index contributed by atoms with van der Waals surface area (Å²) in [5.41, 5.74) is 4.44. The fourth-order valence-corrected chi connectivity index (χ4v) is 1.22. The van der Waals surface area contributed by atoms with E-state index in [9.17, 15) is 13.9 Å². The zero-order valence-corrected chi connectivity index (χ0v) is 7.72. The van der Waals surface area contributed by atoms with E-state index in [0.29, 0.717) is 6.07 Å². The first-order valence-electron chi connectivity index (χ1n) is 3.73. The number of nitrogens with two attached hydrogens (primary N) is 1. The molecule has 1 rings (SSSR count). The normalized spacial score (nSPS) is 12.9. The van der Waals surface area contributed by atoms with Crippen LogP contribution in [0.4, 0.5) is 8.78 Å². The lowest BCUT2D eigenvalue weighted by Gasteiger charge is -2.12. The molecule has 0 aliphatic rings. The number of rotatable bonds is 2. The van der Waals surface area contributed by atoms with Crippen molar-refractivity contribution >= 4 is 11.6 Å². The van der Waals surface area contributed by atoms with Crippen LogP contribution in [0.3, 0.4) is 0 Å². The van der Waals surface area contributed by atoms with Crippen molar-refractivity contribution in [3.8, 4) is 5.75 Å². The van der Waals surface area contributed by atoms with Crippen LogP contribution < -0.4 is 5.73 Å². The topological polar surface area (TPSA) is 66.5 Å². The third kappa shape index (κ3) is 1.79. The minimum atomic E-state index is -1.48. The molecular formula is C8H8ClF2NO2. The summed E-state index contributed by atoms with van der Waals surface area (Å²) in [5.74, 6) is -3.13. The van der Waals surface area contributed by atoms with Crippen molar-refractivity contribution in [1.29, 1.82) is 0 Å². The third-order valence-electron chi connectivity index (χ3n) is 1.74. The third-order valence-corrected chi connectivity index (χ3v) is 2.01. The molecule has 0 bridgehead atoms. The van der Waals surface area contributed by atoms with Gasteiger partial charge in [-0.2, -0.15) is 0 Å². The zero-order chi connectivity index (χ0) is 10.9. The highest BCUT2D eigenvalue weighted by atomic mass is 35.5. The van der Waals surface area contributed by atoms with E-state index in [4.69, 9.17) is 22.4 Å². The van der Waals surface area contributed by atoms with Gasteiger partial charge in [-0.25, -0.2) is 8.78 Å². The summed E-state index contributed by atoms with van der Waals surface area (Å²) < 4.78 is 26.1. The van der Waals surface area contributed by atoms with Crippen molar-refractivity contribution in [2.24, 2.45) is 5.73 Å². The molecule has 1 aromatic rings. The molecule has 0 radical (unpaired) electrons. The lowest BCUT2D eigenvalue weighted by Crippen LogP contribution is -2.14. The molecule has 0 saturated carbocycles. The quantitative estimate of drug-likeness (QED) is 0.663. The molecule has 0 amide bonds. The van der Waals surface area contributed by atoms with Gasteiger partial charge in [-0.3, -0.25) is 0 Å². The maximum atomic E-state index is 13.2. The number of benzene rings is 1. The molecule has 0 spiro atoms. The highest BCUT2D eigenvalue weighted by Gasteiger charge is 2.22. The summed E-state index contributed by atoms with van der Waals surface area (Å²) in [4.78, 5) is 0. The Hall–Kier alpha value is -0.910. The minimum Gasteiger partial charge on any atom is -0.504 e. The van der Waals surface area contributed by atoms with Crippen LogP contribution in [0.5, 0.6) is 5.75 Å². The predicted octanol–water partition coefficient (Wildman–Crippen LogP) is 1.32. The lowest BCUT2D eigenvalue weighted by atomic mass is 10.1. The SMILES string of the molecule is NCC(O)c1c(O)c(F)cc(Cl)c1F. The molecule has 0 saturated heterocycles. The fraction of sp³-hybridized carbons (Fsp3) is 0.250. The molecule has 1 unspecified atom stereocenters. The van der Waals surface area contributed by atoms with Gasteiger partial charge in [-0.05, 0) is 6.07 Å². The molecule has 6 heteroatoms. The van der Waals surface area contributed by atoms with Crippen molar-refractivity contribution in [3.05, 3.63) is 28.3 Å². The Morgan fingerprint density at radius 3 is 2.57 bits per heavy atom. The number of hydrogen-bond acceptors (Lipinski definition) is 3. The number of hydrogen-bond donors (Lipinski definition) is 3. The van der Waals surface area contributed by atoms with E-state index in [1.54, 1.807) is 0 Å². The van der Waals surface area contributed by atoms with Gasteiger partial charge in [0.1, 0.15) is 0 Å². The van der Waals surface area contributed by atoms with Crippen LogP contribution in [0, 0.1) is 11.6 Å². The van der Waals surface area contributed by atoms with Gasteiger partial charge in [-0.15, -0.1) is 0 Å². The van der Waals surface area contributed by atoms with Gasteiger partial charge in [0.05, 0.1) is 16.7 Å². The van der Waals surface area contributed by atoms with Gasteiger partial charge in [0.2, 0.25) is 0 Å². The molecule has 0 aromatic heterocycles. The van der Waals surface area contributed by atoms with Gasteiger partial charge >= 0.3 is 0 Å². The van der Waals surface area contributed by atoms with Crippen molar-refractivity contribution in [2.45, 2.75) is 6.10 Å². The Morgan fingerprint density at radius 2 is 2.07 bits per heavy atom. The van der Waals surface area contributed by atoms with Crippen LogP contribution in [0.1, 0.15) is 11.7 Å². The number of phenolic OH excluding ortho intramolecular Hbond substituents is 1. The van der Waals surface area contributed by atoms with Gasteiger partial charge in [-0.1, -0.05) is 11.6 Å². The van der Waals surface area contributed by atoms with E-state index >= 15 is 0 Å². The second kappa shape index (κ2) is 4.08. The number of aliphatic hydroxyl groups is 1. The van der Waals surface area contributed by atoms with E-state index in [1.165, 1.54) is 0 Å². The summed E-state index contributed by atoms with van der Waals surface area (Å²) in [6.45, 7) is -0.343. The number of phenols is 1. The Labute approximate surface area is 83.7 Å². The largest absolute Gasteiger partial charge is 0.504 e. The van der Waals surface area contributed by atoms with Crippen LogP contribution >= 0.6 is 11.6 Å². The molecule has 1 aromatic carbocycles. The molecule has 14 heavy (non-hydrogen) atoms. The summed E-state index contributed by atoms with van der Waals surface area (Å²) in [7, 11) is 0. The van der Waals surface area contributed by atoms with Gasteiger partial charge < -0.3 is 15.9 Å². The Morgan fingerprint density at radius 1 is 1.50 bits per heavy atom. The number of aromatic hydroxyl groups is 1. The van der Waals surface area contributed by atoms with Crippen molar-refractivity contribution in [2.75, 3.05) is 6.54 Å². The molecule has 78 valence electrons. The predicted molar refractivity (Wildman–Crippen MR) is 47.0 cm³/mol. The first kappa shape index (κ1) is 11.2. The summed E-state index contributed by atoms with van der Waals surface area (Å²) >= 11 is 5.31. The van der Waals surface area contributed by atoms with E-state index in [0.717, 1.165) is 0 Å². The average molecular weight is 224 g/mol. The Kier molecular flexibility index (Phi) is 3.25. The molecule has 3 nitrogen and oxygen atoms in total. The fourth-order valence-electron chi connectivity index (χ4n) is 1.03. The van der Waals surface area contributed by atoms with Crippen LogP contribution in [-0.4, -0.2) is 16.8 Å². The summed E-state index contributed by atoms with van der Waals surface area (Å²) in [6, 6.07) is 0.624. The minimum absolute atomic E-state index is 0.343. The van der Waals surface area contributed by atoms with Gasteiger partial charge in [0.25, 0.3) is 0 Å². The molecule has 4 N–H and O–H groups in total. The Balaban J connectivity index is 3.39. The smallest absolute Gasteiger partial charge is 0.166 e. The van der Waals surface area contributed by atoms with Crippen LogP contribution in [0.2, 0.25) is 5.02 Å². The molecule has 0 aliphatic carbocycles. The monoisotopic (exact) mass is 223 g/mol. The highest BCUT2D eigenvalue weighted by Crippen LogP contribution is 2.33. The van der Waals surface area contributed by atoms with E-state index in [1.807, 2.05) is 0 Å². The van der Waals surface area contributed by atoms with Gasteiger partial charge in [0, 0.05) is 6.54 Å². The average Bonchev–Trinajstić information content (AvgIpc) is 2.15. The maximum absolute atomic E-state index is 13.2. The standard InChI is InChI=1S/C8H8ClF2NO2/c9-3-1-4(10)8(14)6(7(3)11)5(13)2-12/h1,5,13-14H,2,12H2. The number of aliphatic hydroxyl groups excluding tert-OH is 1. The molecule has 0 fully saturated rings. The highest BCUT2D eigenvalue weighted by molar-refractivity contribution is 6.30. The first-order chi connectivity index (χ1) is 6.49. The summed E-state index contributed by atoms with van der Waals surface area (Å²) in [6.07, 6.45) is -1.48. The lowest BCUT2D eigenvalue weighted by molar-refractivity contribution is 0.176. The van der Waals surface area contributed by atoms with Crippen molar-refractivity contribution < 1.29 is 19.0 Å². The second-order valence-electron chi connectivity index (χ2n) is 2.67. The first-order valence-corrected chi connectivity index (χ1v) is 4.11. The van der Waals surface area contributed by atoms with Crippen LogP contribution in [0.25, 0.3) is 0 Å². The van der Waals surface area contributed by atoms with Gasteiger partial charge in [0.15, 0.2) is 17.4 Å². The van der Waals surface area contributed by atoms with Crippen molar-refractivity contribution in [3.63, 3.8) is 0 Å². The number of halogens is 3. The van der Waals surface area contributed by atoms with E-state index in [-0.39, 0.29) is 6.54 Å². The van der Waals surface area contributed by atoms with E-state index in [2.05, 4.69) is 0 Å². The molecule has 0 heterocycles. The van der Waals surface area contributed by atoms with Crippen LogP contribution in [-0.2, 0) is 0 Å². The van der Waals surface area contributed by atoms with E-state index < -0.39 is 34.1 Å².